The van der Waals surface area contributed by atoms with Gasteiger partial charge in [-0.15, -0.1) is 0 Å². The van der Waals surface area contributed by atoms with Gasteiger partial charge in [-0.2, -0.15) is 0 Å². The van der Waals surface area contributed by atoms with E-state index in [4.69, 9.17) is 5.14 Å². The lowest BCUT2D eigenvalue weighted by Gasteiger charge is -2.14. The lowest BCUT2D eigenvalue weighted by molar-refractivity contribution is 0.598. The van der Waals surface area contributed by atoms with Crippen molar-refractivity contribution in [2.75, 3.05) is 5.32 Å². The number of hydrogen-bond acceptors (Lipinski definition) is 3. The molecule has 0 heterocycles. The minimum atomic E-state index is -3.58. The van der Waals surface area contributed by atoms with E-state index in [1.807, 2.05) is 0 Å². The van der Waals surface area contributed by atoms with Gasteiger partial charge in [0, 0.05) is 11.7 Å². The lowest BCUT2D eigenvalue weighted by Crippen LogP contribution is -2.16. The summed E-state index contributed by atoms with van der Waals surface area (Å²) < 4.78 is 22.2. The molecule has 4 nitrogen and oxygen atoms in total. The molecular weight excluding hydrogens is 236 g/mol. The number of sulfonamides is 1. The Morgan fingerprint density at radius 3 is 2.41 bits per heavy atom. The van der Waals surface area contributed by atoms with E-state index in [-0.39, 0.29) is 4.90 Å². The van der Waals surface area contributed by atoms with Gasteiger partial charge < -0.3 is 5.32 Å². The quantitative estimate of drug-likeness (QED) is 0.843. The SMILES string of the molecule is CC(CC1CC1)Nc1ccc(S(N)(=O)=O)cc1. The fourth-order valence-electron chi connectivity index (χ4n) is 1.94. The molecule has 0 aromatic heterocycles. The molecule has 0 spiro atoms. The molecule has 1 fully saturated rings. The van der Waals surface area contributed by atoms with Crippen LogP contribution in [0.1, 0.15) is 26.2 Å². The summed E-state index contributed by atoms with van der Waals surface area (Å²) >= 11 is 0. The van der Waals surface area contributed by atoms with Crippen molar-refractivity contribution in [3.63, 3.8) is 0 Å². The van der Waals surface area contributed by atoms with Crippen molar-refractivity contribution in [2.45, 2.75) is 37.1 Å². The van der Waals surface area contributed by atoms with Gasteiger partial charge in [-0.05, 0) is 43.5 Å². The third-order valence-corrected chi connectivity index (χ3v) is 3.91. The molecule has 1 atom stereocenters. The maximum atomic E-state index is 11.1. The molecule has 0 radical (unpaired) electrons. The summed E-state index contributed by atoms with van der Waals surface area (Å²) in [5, 5.41) is 8.39. The average Bonchev–Trinajstić information content (AvgIpc) is 3.01. The topological polar surface area (TPSA) is 72.2 Å². The molecule has 1 aliphatic carbocycles. The molecule has 0 bridgehead atoms. The fourth-order valence-corrected chi connectivity index (χ4v) is 2.45. The Balaban J connectivity index is 1.97. The van der Waals surface area contributed by atoms with Crippen molar-refractivity contribution in [3.05, 3.63) is 24.3 Å². The summed E-state index contributed by atoms with van der Waals surface area (Å²) in [6.07, 6.45) is 3.86. The molecule has 1 unspecified atom stereocenters. The number of primary sulfonamides is 1. The monoisotopic (exact) mass is 254 g/mol. The molecule has 17 heavy (non-hydrogen) atoms. The van der Waals surface area contributed by atoms with Gasteiger partial charge in [-0.1, -0.05) is 12.8 Å². The molecular formula is C12H18N2O2S. The van der Waals surface area contributed by atoms with Crippen molar-refractivity contribution in [2.24, 2.45) is 11.1 Å². The predicted molar refractivity (Wildman–Crippen MR) is 68.2 cm³/mol. The molecule has 0 amide bonds. The summed E-state index contributed by atoms with van der Waals surface area (Å²) in [6.45, 7) is 2.14. The maximum Gasteiger partial charge on any atom is 0.238 e. The lowest BCUT2D eigenvalue weighted by atomic mass is 10.1. The molecule has 2 rings (SSSR count). The van der Waals surface area contributed by atoms with Gasteiger partial charge in [0.1, 0.15) is 0 Å². The molecule has 1 aromatic rings. The Morgan fingerprint density at radius 1 is 1.35 bits per heavy atom. The van der Waals surface area contributed by atoms with Crippen molar-refractivity contribution in [1.29, 1.82) is 0 Å². The number of anilines is 1. The molecule has 0 aliphatic heterocycles. The van der Waals surface area contributed by atoms with Crippen LogP contribution in [0.15, 0.2) is 29.2 Å². The van der Waals surface area contributed by atoms with E-state index in [9.17, 15) is 8.42 Å². The molecule has 5 heteroatoms. The third kappa shape index (κ3) is 3.71. The van der Waals surface area contributed by atoms with Crippen molar-refractivity contribution in [3.8, 4) is 0 Å². The summed E-state index contributed by atoms with van der Waals surface area (Å²) in [6, 6.07) is 6.98. The number of benzene rings is 1. The Morgan fingerprint density at radius 2 is 1.94 bits per heavy atom. The number of hydrogen-bond donors (Lipinski definition) is 2. The first-order chi connectivity index (χ1) is 7.95. The van der Waals surface area contributed by atoms with Crippen molar-refractivity contribution in [1.82, 2.24) is 0 Å². The van der Waals surface area contributed by atoms with Crippen LogP contribution in [0.25, 0.3) is 0 Å². The van der Waals surface area contributed by atoms with Gasteiger partial charge in [0.05, 0.1) is 4.90 Å². The Labute approximate surface area is 102 Å². The van der Waals surface area contributed by atoms with Crippen LogP contribution in [-0.2, 0) is 10.0 Å². The van der Waals surface area contributed by atoms with E-state index in [1.54, 1.807) is 12.1 Å². The van der Waals surface area contributed by atoms with E-state index < -0.39 is 10.0 Å². The van der Waals surface area contributed by atoms with E-state index >= 15 is 0 Å². The summed E-state index contributed by atoms with van der Waals surface area (Å²) in [5.41, 5.74) is 0.936. The zero-order chi connectivity index (χ0) is 12.5. The van der Waals surface area contributed by atoms with Gasteiger partial charge >= 0.3 is 0 Å². The van der Waals surface area contributed by atoms with Crippen LogP contribution >= 0.6 is 0 Å². The zero-order valence-corrected chi connectivity index (χ0v) is 10.7. The van der Waals surface area contributed by atoms with E-state index in [1.165, 1.54) is 31.4 Å². The van der Waals surface area contributed by atoms with Crippen molar-refractivity contribution < 1.29 is 8.42 Å². The highest BCUT2D eigenvalue weighted by atomic mass is 32.2. The number of nitrogens with two attached hydrogens (primary N) is 1. The third-order valence-electron chi connectivity index (χ3n) is 2.98. The summed E-state index contributed by atoms with van der Waals surface area (Å²) in [4.78, 5) is 0.151. The minimum Gasteiger partial charge on any atom is -0.383 e. The first kappa shape index (κ1) is 12.4. The van der Waals surface area contributed by atoms with Crippen LogP contribution in [-0.4, -0.2) is 14.5 Å². The first-order valence-corrected chi connectivity index (χ1v) is 7.39. The number of rotatable bonds is 5. The Kier molecular flexibility index (Phi) is 3.40. The molecule has 1 aromatic carbocycles. The summed E-state index contributed by atoms with van der Waals surface area (Å²) in [7, 11) is -3.58. The average molecular weight is 254 g/mol. The minimum absolute atomic E-state index is 0.151. The second-order valence-electron chi connectivity index (χ2n) is 4.79. The largest absolute Gasteiger partial charge is 0.383 e. The van der Waals surface area contributed by atoms with Crippen molar-refractivity contribution >= 4 is 15.7 Å². The Hall–Kier alpha value is -1.07. The van der Waals surface area contributed by atoms with E-state index in [0.717, 1.165) is 11.6 Å². The van der Waals surface area contributed by atoms with Gasteiger partial charge in [0.2, 0.25) is 10.0 Å². The van der Waals surface area contributed by atoms with Gasteiger partial charge in [0.25, 0.3) is 0 Å². The van der Waals surface area contributed by atoms with E-state index in [2.05, 4.69) is 12.2 Å². The van der Waals surface area contributed by atoms with Gasteiger partial charge in [0.15, 0.2) is 0 Å². The molecule has 1 saturated carbocycles. The van der Waals surface area contributed by atoms with Crippen LogP contribution in [0.2, 0.25) is 0 Å². The molecule has 0 saturated heterocycles. The normalized spacial score (nSPS) is 17.8. The van der Waals surface area contributed by atoms with Gasteiger partial charge in [-0.25, -0.2) is 13.6 Å². The second kappa shape index (κ2) is 4.66. The predicted octanol–water partition coefficient (Wildman–Crippen LogP) is 1.93. The molecule has 3 N–H and O–H groups in total. The smallest absolute Gasteiger partial charge is 0.238 e. The Bertz CT molecular complexity index is 478. The highest BCUT2D eigenvalue weighted by Crippen LogP contribution is 2.34. The zero-order valence-electron chi connectivity index (χ0n) is 9.89. The van der Waals surface area contributed by atoms with E-state index in [0.29, 0.717) is 6.04 Å². The summed E-state index contributed by atoms with van der Waals surface area (Å²) in [5.74, 6) is 0.876. The highest BCUT2D eigenvalue weighted by Gasteiger charge is 2.23. The van der Waals surface area contributed by atoms with Crippen LogP contribution in [0.4, 0.5) is 5.69 Å². The van der Waals surface area contributed by atoms with Crippen LogP contribution in [0.3, 0.4) is 0 Å². The first-order valence-electron chi connectivity index (χ1n) is 5.84. The van der Waals surface area contributed by atoms with Gasteiger partial charge in [-0.3, -0.25) is 0 Å². The molecule has 94 valence electrons. The molecule has 1 aliphatic rings. The maximum absolute atomic E-state index is 11.1. The van der Waals surface area contributed by atoms with Crippen LogP contribution in [0.5, 0.6) is 0 Å². The second-order valence-corrected chi connectivity index (χ2v) is 6.36. The number of nitrogens with one attached hydrogen (secondary N) is 1. The standard InChI is InChI=1S/C12H18N2O2S/c1-9(8-10-2-3-10)14-11-4-6-12(7-5-11)17(13,15)16/h4-7,9-10,14H,2-3,8H2,1H3,(H2,13,15,16). The highest BCUT2D eigenvalue weighted by molar-refractivity contribution is 7.89. The van der Waals surface area contributed by atoms with Crippen LogP contribution < -0.4 is 10.5 Å². The fraction of sp³-hybridized carbons (Fsp3) is 0.500. The van der Waals surface area contributed by atoms with Crippen LogP contribution in [0, 0.1) is 5.92 Å².